The number of piperidine rings is 1. The van der Waals surface area contributed by atoms with Crippen molar-refractivity contribution in [2.45, 2.75) is 25.7 Å². The van der Waals surface area contributed by atoms with E-state index in [2.05, 4.69) is 39.1 Å². The van der Waals surface area contributed by atoms with Crippen LogP contribution in [-0.2, 0) is 17.6 Å². The van der Waals surface area contributed by atoms with E-state index in [0.29, 0.717) is 32.5 Å². The number of rotatable bonds is 3. The Hall–Kier alpha value is -2.63. The van der Waals surface area contributed by atoms with E-state index in [1.54, 1.807) is 24.4 Å². The summed E-state index contributed by atoms with van der Waals surface area (Å²) in [5.74, 6) is 0.0465. The van der Waals surface area contributed by atoms with Gasteiger partial charge < -0.3 is 9.64 Å². The van der Waals surface area contributed by atoms with Gasteiger partial charge in [-0.3, -0.25) is 0 Å². The van der Waals surface area contributed by atoms with Gasteiger partial charge in [-0.1, -0.05) is 59.6 Å². The fraction of sp³-hybridized carbons (Fsp3) is 0.320. The molecule has 2 aliphatic rings. The average Bonchev–Trinajstić information content (AvgIpc) is 3.18. The highest BCUT2D eigenvalue weighted by molar-refractivity contribution is 6.43. The van der Waals surface area contributed by atoms with Crippen LogP contribution in [0.15, 0.2) is 48.7 Å². The molecule has 32 heavy (non-hydrogen) atoms. The standard InChI is InChI=1S/C25H23Cl2N3O2/c1-32-24(31)22-23(28-15-20(29-22)18-7-4-8-19(26)21(18)27)30-11-9-25(10-12-30)13-16-5-2-3-6-17(16)14-25/h2-8,15H,9-14H2,1H3. The molecule has 1 aliphatic heterocycles. The van der Waals surface area contributed by atoms with Gasteiger partial charge in [0.15, 0.2) is 11.5 Å². The molecule has 1 spiro atoms. The summed E-state index contributed by atoms with van der Waals surface area (Å²) in [5, 5.41) is 0.807. The summed E-state index contributed by atoms with van der Waals surface area (Å²) in [4.78, 5) is 24.0. The fourth-order valence-electron chi connectivity index (χ4n) is 5.00. The largest absolute Gasteiger partial charge is 0.464 e. The Morgan fingerprint density at radius 1 is 1.03 bits per heavy atom. The zero-order chi connectivity index (χ0) is 22.3. The first kappa shape index (κ1) is 21.2. The van der Waals surface area contributed by atoms with E-state index in [-0.39, 0.29) is 5.69 Å². The summed E-state index contributed by atoms with van der Waals surface area (Å²) >= 11 is 12.5. The first-order valence-corrected chi connectivity index (χ1v) is 11.5. The summed E-state index contributed by atoms with van der Waals surface area (Å²) in [6.07, 6.45) is 5.99. The molecule has 3 aromatic rings. The molecular formula is C25H23Cl2N3O2. The zero-order valence-corrected chi connectivity index (χ0v) is 19.3. The highest BCUT2D eigenvalue weighted by atomic mass is 35.5. The minimum absolute atomic E-state index is 0.201. The van der Waals surface area contributed by atoms with Crippen molar-refractivity contribution >= 4 is 35.0 Å². The van der Waals surface area contributed by atoms with Crippen LogP contribution in [0.4, 0.5) is 5.82 Å². The van der Waals surface area contributed by atoms with E-state index in [9.17, 15) is 4.79 Å². The smallest absolute Gasteiger partial charge is 0.360 e. The molecule has 0 atom stereocenters. The minimum atomic E-state index is -0.513. The lowest BCUT2D eigenvalue weighted by atomic mass is 9.76. The van der Waals surface area contributed by atoms with Crippen LogP contribution in [-0.4, -0.2) is 36.1 Å². The van der Waals surface area contributed by atoms with E-state index < -0.39 is 5.97 Å². The van der Waals surface area contributed by atoms with Crippen LogP contribution in [0.2, 0.25) is 10.0 Å². The molecule has 7 heteroatoms. The molecule has 164 valence electrons. The number of halogens is 2. The van der Waals surface area contributed by atoms with Gasteiger partial charge in [0.1, 0.15) is 0 Å². The van der Waals surface area contributed by atoms with Crippen molar-refractivity contribution in [2.75, 3.05) is 25.1 Å². The monoisotopic (exact) mass is 467 g/mol. The fourth-order valence-corrected chi connectivity index (χ4v) is 5.40. The molecule has 2 heterocycles. The maximum absolute atomic E-state index is 12.6. The van der Waals surface area contributed by atoms with Crippen molar-refractivity contribution < 1.29 is 9.53 Å². The molecule has 0 N–H and O–H groups in total. The molecular weight excluding hydrogens is 445 g/mol. The van der Waals surface area contributed by atoms with E-state index in [1.807, 2.05) is 0 Å². The van der Waals surface area contributed by atoms with Crippen LogP contribution < -0.4 is 4.90 Å². The Balaban J connectivity index is 1.42. The average molecular weight is 468 g/mol. The first-order chi connectivity index (χ1) is 15.5. The molecule has 2 aromatic carbocycles. The Morgan fingerprint density at radius 2 is 1.72 bits per heavy atom. The molecule has 0 saturated carbocycles. The van der Waals surface area contributed by atoms with Gasteiger partial charge in [0.05, 0.1) is 29.0 Å². The Kier molecular flexibility index (Phi) is 5.56. The van der Waals surface area contributed by atoms with Crippen LogP contribution >= 0.6 is 23.2 Å². The van der Waals surface area contributed by atoms with Crippen LogP contribution in [0.25, 0.3) is 11.3 Å². The second kappa shape index (κ2) is 8.38. The van der Waals surface area contributed by atoms with Gasteiger partial charge >= 0.3 is 5.97 Å². The number of hydrogen-bond acceptors (Lipinski definition) is 5. The summed E-state index contributed by atoms with van der Waals surface area (Å²) in [7, 11) is 1.35. The summed E-state index contributed by atoms with van der Waals surface area (Å²) < 4.78 is 5.02. The third-order valence-corrected chi connectivity index (χ3v) is 7.55. The lowest BCUT2D eigenvalue weighted by molar-refractivity contribution is 0.0594. The van der Waals surface area contributed by atoms with Gasteiger partial charge in [0.25, 0.3) is 0 Å². The van der Waals surface area contributed by atoms with E-state index >= 15 is 0 Å². The number of carbonyl (C=O) groups is 1. The lowest BCUT2D eigenvalue weighted by Gasteiger charge is -2.40. The number of anilines is 1. The molecule has 1 fully saturated rings. The van der Waals surface area contributed by atoms with Crippen molar-refractivity contribution in [1.29, 1.82) is 0 Å². The Labute approximate surface area is 197 Å². The molecule has 1 aromatic heterocycles. The minimum Gasteiger partial charge on any atom is -0.464 e. The quantitative estimate of drug-likeness (QED) is 0.467. The number of methoxy groups -OCH3 is 1. The maximum atomic E-state index is 12.6. The SMILES string of the molecule is COC(=O)c1nc(-c2cccc(Cl)c2Cl)cnc1N1CCC2(CC1)Cc1ccccc1C2. The van der Waals surface area contributed by atoms with E-state index in [4.69, 9.17) is 27.9 Å². The lowest BCUT2D eigenvalue weighted by Crippen LogP contribution is -2.41. The number of ether oxygens (including phenoxy) is 1. The van der Waals surface area contributed by atoms with Gasteiger partial charge in [0, 0.05) is 18.7 Å². The third-order valence-electron chi connectivity index (χ3n) is 6.73. The van der Waals surface area contributed by atoms with Gasteiger partial charge in [-0.05, 0) is 48.3 Å². The number of aromatic nitrogens is 2. The van der Waals surface area contributed by atoms with Crippen molar-refractivity contribution in [2.24, 2.45) is 5.41 Å². The van der Waals surface area contributed by atoms with Crippen LogP contribution in [0.3, 0.4) is 0 Å². The van der Waals surface area contributed by atoms with E-state index in [1.165, 1.54) is 18.2 Å². The number of hydrogen-bond donors (Lipinski definition) is 0. The first-order valence-electron chi connectivity index (χ1n) is 10.7. The number of fused-ring (bicyclic) bond motifs is 1. The number of nitrogens with zero attached hydrogens (tertiary/aromatic N) is 3. The van der Waals surface area contributed by atoms with Crippen LogP contribution in [0.1, 0.15) is 34.5 Å². The molecule has 0 unspecified atom stereocenters. The molecule has 0 amide bonds. The molecule has 0 bridgehead atoms. The van der Waals surface area contributed by atoms with Crippen molar-refractivity contribution in [1.82, 2.24) is 9.97 Å². The Morgan fingerprint density at radius 3 is 2.38 bits per heavy atom. The summed E-state index contributed by atoms with van der Waals surface area (Å²) in [6, 6.07) is 14.1. The van der Waals surface area contributed by atoms with Crippen molar-refractivity contribution in [3.05, 3.63) is 75.5 Å². The van der Waals surface area contributed by atoms with Crippen molar-refractivity contribution in [3.63, 3.8) is 0 Å². The number of esters is 1. The second-order valence-corrected chi connectivity index (χ2v) is 9.41. The summed E-state index contributed by atoms with van der Waals surface area (Å²) in [6.45, 7) is 1.65. The van der Waals surface area contributed by atoms with Crippen LogP contribution in [0.5, 0.6) is 0 Å². The normalized spacial score (nSPS) is 16.8. The summed E-state index contributed by atoms with van der Waals surface area (Å²) in [5.41, 5.74) is 4.56. The third kappa shape index (κ3) is 3.74. The molecule has 0 radical (unpaired) electrons. The number of benzene rings is 2. The maximum Gasteiger partial charge on any atom is 0.360 e. The van der Waals surface area contributed by atoms with Gasteiger partial charge in [-0.2, -0.15) is 0 Å². The van der Waals surface area contributed by atoms with Crippen molar-refractivity contribution in [3.8, 4) is 11.3 Å². The van der Waals surface area contributed by atoms with E-state index in [0.717, 1.165) is 38.8 Å². The topological polar surface area (TPSA) is 55.3 Å². The predicted octanol–water partition coefficient (Wildman–Crippen LogP) is 5.62. The second-order valence-electron chi connectivity index (χ2n) is 8.63. The predicted molar refractivity (Wildman–Crippen MR) is 127 cm³/mol. The Bertz CT molecular complexity index is 1160. The molecule has 1 aliphatic carbocycles. The van der Waals surface area contributed by atoms with Gasteiger partial charge in [0.2, 0.25) is 0 Å². The molecule has 1 saturated heterocycles. The zero-order valence-electron chi connectivity index (χ0n) is 17.8. The van der Waals surface area contributed by atoms with Gasteiger partial charge in [-0.25, -0.2) is 14.8 Å². The van der Waals surface area contributed by atoms with Crippen LogP contribution in [0, 0.1) is 5.41 Å². The van der Waals surface area contributed by atoms with Gasteiger partial charge in [-0.15, -0.1) is 0 Å². The highest BCUT2D eigenvalue weighted by Gasteiger charge is 2.40. The number of carbonyl (C=O) groups excluding carboxylic acids is 1. The highest BCUT2D eigenvalue weighted by Crippen LogP contribution is 2.45. The molecule has 5 rings (SSSR count). The molecule has 5 nitrogen and oxygen atoms in total.